The van der Waals surface area contributed by atoms with Gasteiger partial charge in [0, 0.05) is 68.9 Å². The minimum Gasteiger partial charge on any atom is -0.255 e. The van der Waals surface area contributed by atoms with Crippen LogP contribution in [-0.2, 0) is 21.1 Å². The zero-order valence-electron chi connectivity index (χ0n) is 49.5. The average molecular weight is 1390 g/mol. The quantitative estimate of drug-likeness (QED) is 0.0902. The average Bonchev–Trinajstić information content (AvgIpc) is 3.78. The number of hydrogen-bond donors (Lipinski definition) is 0. The van der Waals surface area contributed by atoms with E-state index in [4.69, 9.17) is 22.8 Å². The topological polar surface area (TPSA) is 79.8 Å². The molecule has 0 bridgehead atoms. The van der Waals surface area contributed by atoms with Crippen LogP contribution in [0, 0.1) is 24.7 Å². The summed E-state index contributed by atoms with van der Waals surface area (Å²) in [7, 11) is -0.892. The van der Waals surface area contributed by atoms with Crippen molar-refractivity contribution in [2.24, 2.45) is 0 Å². The molecule has 0 aliphatic rings. The van der Waals surface area contributed by atoms with Crippen LogP contribution in [0.3, 0.4) is 0 Å². The number of aromatic nitrogens is 6. The maximum absolute atomic E-state index is 7.24. The monoisotopic (exact) mass is 1390 g/mol. The zero-order valence-corrected chi connectivity index (χ0v) is 53.5. The Kier molecular flexibility index (Phi) is 23.0. The summed E-state index contributed by atoms with van der Waals surface area (Å²) in [5, 5.41) is 8.39. The molecule has 436 valence electrons. The van der Waals surface area contributed by atoms with Crippen LogP contribution < -0.4 is 41.8 Å². The van der Waals surface area contributed by atoms with Crippen LogP contribution in [0.15, 0.2) is 352 Å². The van der Waals surface area contributed by atoms with Gasteiger partial charge in [-0.05, 0) is 168 Å². The van der Waals surface area contributed by atoms with Crippen LogP contribution in [0.2, 0.25) is 0 Å². The molecule has 6 heterocycles. The molecule has 0 unspecified atom stereocenters. The van der Waals surface area contributed by atoms with E-state index in [2.05, 4.69) is 226 Å². The zero-order chi connectivity index (χ0) is 61.4. The van der Waals surface area contributed by atoms with E-state index >= 15 is 0 Å². The third-order valence-corrected chi connectivity index (χ3v) is 19.2. The summed E-state index contributed by atoms with van der Waals surface area (Å²) in [5.74, 6) is 4.81. The van der Waals surface area contributed by atoms with Crippen molar-refractivity contribution in [3.63, 3.8) is 0 Å². The van der Waals surface area contributed by atoms with Gasteiger partial charge in [0.1, 0.15) is 11.4 Å². The van der Waals surface area contributed by atoms with Crippen molar-refractivity contribution in [3.05, 3.63) is 376 Å². The minimum absolute atomic E-state index is 0. The van der Waals surface area contributed by atoms with Crippen LogP contribution in [0.1, 0.15) is 11.1 Å². The molecular weight excluding hydrogens is 1330 g/mol. The first-order valence-electron chi connectivity index (χ1n) is 29.3. The van der Waals surface area contributed by atoms with E-state index in [1.807, 2.05) is 146 Å². The van der Waals surface area contributed by atoms with Gasteiger partial charge in [0.25, 0.3) is 0 Å². The van der Waals surface area contributed by atoms with Gasteiger partial charge in [-0.25, -0.2) is 19.9 Å². The number of nitrogens with zero attached hydrogens (tertiary/aromatic N) is 4. The maximum atomic E-state index is 7.24. The third-order valence-electron chi connectivity index (χ3n) is 14.3. The van der Waals surface area contributed by atoms with E-state index in [9.17, 15) is 0 Å². The fraction of sp³-hybridized carbons (Fsp3) is 0. The molecule has 2 radical (unpaired) electrons. The minimum atomic E-state index is -0.446. The van der Waals surface area contributed by atoms with Gasteiger partial charge in [-0.2, -0.15) is 0 Å². The first-order chi connectivity index (χ1) is 44.6. The summed E-state index contributed by atoms with van der Waals surface area (Å²) in [4.78, 5) is 25.0. The first kappa shape index (κ1) is 63.4. The summed E-state index contributed by atoms with van der Waals surface area (Å²) in [6.45, 7) is 0. The second-order valence-electron chi connectivity index (χ2n) is 20.3. The summed E-state index contributed by atoms with van der Waals surface area (Å²) >= 11 is 0. The summed E-state index contributed by atoms with van der Waals surface area (Å²) in [5.41, 5.74) is 12.6. The second kappa shape index (κ2) is 33.1. The Morgan fingerprint density at radius 1 is 0.264 bits per heavy atom. The Morgan fingerprint density at radius 3 is 0.802 bits per heavy atom. The largest absolute Gasteiger partial charge is 0.255 e. The van der Waals surface area contributed by atoms with Crippen LogP contribution >= 0.6 is 15.8 Å². The summed E-state index contributed by atoms with van der Waals surface area (Å²) < 4.78 is 0. The molecule has 14 aromatic rings. The smallest absolute Gasteiger partial charge is 0.229 e. The molecule has 91 heavy (non-hydrogen) atoms. The third kappa shape index (κ3) is 17.4. The van der Waals surface area contributed by atoms with Gasteiger partial charge >= 0.3 is 0 Å². The van der Waals surface area contributed by atoms with Crippen LogP contribution in [0.5, 0.6) is 0 Å². The van der Waals surface area contributed by atoms with E-state index in [0.29, 0.717) is 0 Å². The van der Waals surface area contributed by atoms with Crippen molar-refractivity contribution in [1.82, 2.24) is 19.9 Å². The molecule has 0 aliphatic heterocycles. The predicted molar refractivity (Wildman–Crippen MR) is 373 cm³/mol. The Hall–Kier alpha value is -10.7. The molecule has 0 atom stereocenters. The van der Waals surface area contributed by atoms with E-state index in [1.165, 1.54) is 31.8 Å². The van der Waals surface area contributed by atoms with Crippen LogP contribution in [0.25, 0.3) is 67.8 Å². The van der Waals surface area contributed by atoms with Crippen molar-refractivity contribution in [3.8, 4) is 79.6 Å². The molecule has 0 fully saturated rings. The normalized spacial score (nSPS) is 10.3. The number of H-pyrrole nitrogens is 2. The van der Waals surface area contributed by atoms with Gasteiger partial charge in [-0.3, -0.25) is 9.97 Å². The number of nitrogens with one attached hydrogen (secondary N) is 2. The standard InChI is InChI=1S/2C23H14N3.2C18H15P.Pt/c2*1-2-17-9-11-18(12-10-17)19-15-22(20-7-3-5-13-24-20)26-23(16-19)21-8-4-6-14-25-21;2*1-4-10-16(11-5-1)19(17-12-6-2-7-13-17)18-14-8-3-9-15-18;/h2*3-16H;2*1-15H;/p+2. The number of rotatable bonds is 12. The Morgan fingerprint density at radius 2 is 0.538 bits per heavy atom. The molecule has 0 saturated heterocycles. The number of hydrogen-bond acceptors (Lipinski definition) is 4. The van der Waals surface area contributed by atoms with Crippen molar-refractivity contribution < 1.29 is 31.0 Å². The SMILES string of the molecule is [C]#Cc1ccc(-c2cc(-c3cccc[nH+]3)nc(-c3cccc[nH+]3)c2)cc1.[C]#Cc1ccc(-c2cc(-c3ccccn3)nc(-c3ccccn3)c2)cc1.[Pt].c1ccc(P(c2ccccc2)c2ccccc2)cc1.c1ccc(P(c2ccccc2)c2ccccc2)cc1. The van der Waals surface area contributed by atoms with Crippen molar-refractivity contribution in [2.75, 3.05) is 0 Å². The van der Waals surface area contributed by atoms with E-state index in [0.717, 1.165) is 78.9 Å². The molecule has 0 spiro atoms. The van der Waals surface area contributed by atoms with Crippen molar-refractivity contribution in [2.45, 2.75) is 0 Å². The molecule has 8 aromatic carbocycles. The molecule has 2 N–H and O–H groups in total. The Bertz CT molecular complexity index is 3950. The van der Waals surface area contributed by atoms with Gasteiger partial charge in [0.15, 0.2) is 12.4 Å². The van der Waals surface area contributed by atoms with Gasteiger partial charge in [-0.15, -0.1) is 0 Å². The summed E-state index contributed by atoms with van der Waals surface area (Å²) in [6.07, 6.45) is 21.8. The van der Waals surface area contributed by atoms with Gasteiger partial charge in [-0.1, -0.05) is 230 Å². The van der Waals surface area contributed by atoms with E-state index in [1.54, 1.807) is 12.4 Å². The van der Waals surface area contributed by atoms with E-state index < -0.39 is 15.8 Å². The van der Waals surface area contributed by atoms with Crippen molar-refractivity contribution >= 4 is 47.7 Å². The maximum Gasteiger partial charge on any atom is 0.229 e. The van der Waals surface area contributed by atoms with Crippen LogP contribution in [-0.4, -0.2) is 19.9 Å². The van der Waals surface area contributed by atoms with Gasteiger partial charge in [0.2, 0.25) is 11.4 Å². The first-order valence-corrected chi connectivity index (χ1v) is 32.0. The number of aromatic amines is 2. The fourth-order valence-corrected chi connectivity index (χ4v) is 14.5. The molecule has 0 saturated carbocycles. The van der Waals surface area contributed by atoms with Gasteiger partial charge < -0.3 is 0 Å². The summed E-state index contributed by atoms with van der Waals surface area (Å²) in [6, 6.07) is 112. The number of benzene rings is 8. The van der Waals surface area contributed by atoms with Crippen molar-refractivity contribution in [1.29, 1.82) is 0 Å². The van der Waals surface area contributed by atoms with E-state index in [-0.39, 0.29) is 21.1 Å². The van der Waals surface area contributed by atoms with Gasteiger partial charge in [0.05, 0.1) is 22.8 Å². The molecule has 6 aromatic heterocycles. The molecule has 0 amide bonds. The Balaban J connectivity index is 0.000000134. The van der Waals surface area contributed by atoms with Crippen LogP contribution in [0.4, 0.5) is 0 Å². The predicted octanol–water partition coefficient (Wildman–Crippen LogP) is 15.3. The fourth-order valence-electron chi connectivity index (χ4n) is 9.92. The number of pyridine rings is 6. The Labute approximate surface area is 550 Å². The molecule has 6 nitrogen and oxygen atoms in total. The molecule has 9 heteroatoms. The molecular formula is C82H60N6P2Pt+2. The molecule has 0 aliphatic carbocycles. The molecule has 14 rings (SSSR count). The second-order valence-corrected chi connectivity index (χ2v) is 24.8.